The lowest BCUT2D eigenvalue weighted by Crippen LogP contribution is -2.42. The van der Waals surface area contributed by atoms with E-state index >= 15 is 0 Å². The van der Waals surface area contributed by atoms with E-state index in [2.05, 4.69) is 15.0 Å². The normalized spacial score (nSPS) is 12.7. The van der Waals surface area contributed by atoms with Crippen LogP contribution in [0, 0.1) is 0 Å². The topological polar surface area (TPSA) is 127 Å². The number of nitrogens with one attached hydrogen (secondary N) is 3. The van der Waals surface area contributed by atoms with Gasteiger partial charge in [0.15, 0.2) is 0 Å². The number of methoxy groups -OCH3 is 2. The van der Waals surface area contributed by atoms with Crippen molar-refractivity contribution in [2.45, 2.75) is 37.2 Å². The van der Waals surface area contributed by atoms with Gasteiger partial charge < -0.3 is 19.8 Å². The summed E-state index contributed by atoms with van der Waals surface area (Å²) in [7, 11) is -1.17. The first-order valence-corrected chi connectivity index (χ1v) is 12.4. The van der Waals surface area contributed by atoms with Crippen LogP contribution in [-0.2, 0) is 30.8 Å². The summed E-state index contributed by atoms with van der Waals surface area (Å²) in [6.07, 6.45) is 4.73. The molecule has 3 N–H and O–H groups in total. The van der Waals surface area contributed by atoms with Gasteiger partial charge in [0.1, 0.15) is 16.7 Å². The Morgan fingerprint density at radius 2 is 1.86 bits per heavy atom. The molecular formula is C25H29N3O6S. The molecule has 1 unspecified atom stereocenters. The monoisotopic (exact) mass is 499 g/mol. The zero-order valence-corrected chi connectivity index (χ0v) is 20.8. The molecule has 0 saturated heterocycles. The Labute approximate surface area is 204 Å². The maximum atomic E-state index is 12.7. The number of aromatic amines is 1. The number of carbonyl (C=O) groups is 2. The van der Waals surface area contributed by atoms with Gasteiger partial charge in [-0.15, -0.1) is 0 Å². The predicted molar refractivity (Wildman–Crippen MR) is 133 cm³/mol. The largest absolute Gasteiger partial charge is 0.495 e. The second-order valence-electron chi connectivity index (χ2n) is 8.17. The predicted octanol–water partition coefficient (Wildman–Crippen LogP) is 2.78. The lowest BCUT2D eigenvalue weighted by atomic mass is 10.0. The van der Waals surface area contributed by atoms with Crippen LogP contribution in [-0.4, -0.2) is 51.6 Å². The number of hydrogen-bond acceptors (Lipinski definition) is 6. The molecule has 1 atom stereocenters. The third-order valence-electron chi connectivity index (χ3n) is 5.20. The van der Waals surface area contributed by atoms with Gasteiger partial charge in [-0.05, 0) is 49.2 Å². The van der Waals surface area contributed by atoms with E-state index in [1.54, 1.807) is 26.1 Å². The molecule has 3 rings (SSSR count). The second kappa shape index (κ2) is 11.2. The standard InChI is InChI=1S/C25H29N3O6S/c1-16(2)28-35(31,32)23-13-17(9-11-22(23)33-3)10-12-24(29)27-21(25(30)34-4)14-18-15-26-20-8-6-5-7-19(18)20/h5-13,15-16,21,26,28H,14H2,1-4H3,(H,27,29)/b12-10+. The number of esters is 1. The van der Waals surface area contributed by atoms with E-state index in [9.17, 15) is 18.0 Å². The first-order chi connectivity index (χ1) is 16.6. The molecule has 0 spiro atoms. The van der Waals surface area contributed by atoms with Gasteiger partial charge in [0, 0.05) is 35.6 Å². The Hall–Kier alpha value is -3.63. The summed E-state index contributed by atoms with van der Waals surface area (Å²) in [5, 5.41) is 3.62. The molecule has 0 bridgehead atoms. The number of hydrogen-bond donors (Lipinski definition) is 3. The van der Waals surface area contributed by atoms with Crippen LogP contribution in [0.2, 0.25) is 0 Å². The molecule has 9 nitrogen and oxygen atoms in total. The fraction of sp³-hybridized carbons (Fsp3) is 0.280. The molecule has 1 heterocycles. The van der Waals surface area contributed by atoms with Crippen molar-refractivity contribution in [1.82, 2.24) is 15.0 Å². The summed E-state index contributed by atoms with van der Waals surface area (Å²) in [5.41, 5.74) is 2.26. The van der Waals surface area contributed by atoms with E-state index in [0.29, 0.717) is 5.56 Å². The number of fused-ring (bicyclic) bond motifs is 1. The lowest BCUT2D eigenvalue weighted by Gasteiger charge is -2.15. The minimum atomic E-state index is -3.82. The third-order valence-corrected chi connectivity index (χ3v) is 6.88. The molecule has 1 aromatic heterocycles. The molecule has 2 aromatic carbocycles. The maximum absolute atomic E-state index is 12.7. The third kappa shape index (κ3) is 6.49. The van der Waals surface area contributed by atoms with E-state index in [-0.39, 0.29) is 23.1 Å². The van der Waals surface area contributed by atoms with Crippen molar-refractivity contribution in [3.05, 3.63) is 65.9 Å². The van der Waals surface area contributed by atoms with Crippen molar-refractivity contribution in [1.29, 1.82) is 0 Å². The van der Waals surface area contributed by atoms with Crippen molar-refractivity contribution in [3.8, 4) is 5.75 Å². The summed E-state index contributed by atoms with van der Waals surface area (Å²) in [6, 6.07) is 11.0. The highest BCUT2D eigenvalue weighted by Crippen LogP contribution is 2.25. The Kier molecular flexibility index (Phi) is 8.31. The first kappa shape index (κ1) is 26.0. The van der Waals surface area contributed by atoms with Gasteiger partial charge in [0.2, 0.25) is 15.9 Å². The number of amides is 1. The van der Waals surface area contributed by atoms with Crippen molar-refractivity contribution in [2.75, 3.05) is 14.2 Å². The zero-order valence-electron chi connectivity index (χ0n) is 20.0. The Morgan fingerprint density at radius 3 is 2.54 bits per heavy atom. The van der Waals surface area contributed by atoms with Crippen LogP contribution in [0.4, 0.5) is 0 Å². The van der Waals surface area contributed by atoms with Crippen LogP contribution >= 0.6 is 0 Å². The van der Waals surface area contributed by atoms with Gasteiger partial charge >= 0.3 is 5.97 Å². The summed E-state index contributed by atoms with van der Waals surface area (Å²) in [5.74, 6) is -0.917. The van der Waals surface area contributed by atoms with E-state index in [1.165, 1.54) is 38.5 Å². The van der Waals surface area contributed by atoms with E-state index in [4.69, 9.17) is 9.47 Å². The number of benzene rings is 2. The molecular weight excluding hydrogens is 470 g/mol. The summed E-state index contributed by atoms with van der Waals surface area (Å²) in [4.78, 5) is 28.1. The summed E-state index contributed by atoms with van der Waals surface area (Å²) >= 11 is 0. The smallest absolute Gasteiger partial charge is 0.328 e. The first-order valence-electron chi connectivity index (χ1n) is 11.0. The summed E-state index contributed by atoms with van der Waals surface area (Å²) in [6.45, 7) is 3.43. The number of sulfonamides is 1. The molecule has 0 aliphatic rings. The number of ether oxygens (including phenoxy) is 2. The molecule has 186 valence electrons. The van der Waals surface area contributed by atoms with Gasteiger partial charge in [0.25, 0.3) is 0 Å². The van der Waals surface area contributed by atoms with Crippen LogP contribution in [0.5, 0.6) is 5.75 Å². The molecule has 3 aromatic rings. The minimum Gasteiger partial charge on any atom is -0.495 e. The molecule has 10 heteroatoms. The Morgan fingerprint density at radius 1 is 1.11 bits per heavy atom. The van der Waals surface area contributed by atoms with E-state index < -0.39 is 27.9 Å². The van der Waals surface area contributed by atoms with Crippen LogP contribution in [0.1, 0.15) is 25.0 Å². The average Bonchev–Trinajstić information content (AvgIpc) is 3.23. The van der Waals surface area contributed by atoms with Crippen LogP contribution in [0.25, 0.3) is 17.0 Å². The van der Waals surface area contributed by atoms with Crippen molar-refractivity contribution >= 4 is 38.9 Å². The molecule has 1 amide bonds. The van der Waals surface area contributed by atoms with Crippen molar-refractivity contribution in [3.63, 3.8) is 0 Å². The highest BCUT2D eigenvalue weighted by molar-refractivity contribution is 7.89. The van der Waals surface area contributed by atoms with Gasteiger partial charge in [-0.2, -0.15) is 0 Å². The van der Waals surface area contributed by atoms with Crippen LogP contribution in [0.15, 0.2) is 59.6 Å². The molecule has 0 radical (unpaired) electrons. The molecule has 0 aliphatic heterocycles. The van der Waals surface area contributed by atoms with Crippen LogP contribution in [0.3, 0.4) is 0 Å². The quantitative estimate of drug-likeness (QED) is 0.291. The number of aromatic nitrogens is 1. The Bertz CT molecular complexity index is 1340. The van der Waals surface area contributed by atoms with Gasteiger partial charge in [-0.25, -0.2) is 17.9 Å². The van der Waals surface area contributed by atoms with Gasteiger partial charge in [-0.1, -0.05) is 24.3 Å². The second-order valence-corrected chi connectivity index (χ2v) is 9.85. The van der Waals surface area contributed by atoms with Gasteiger partial charge in [0.05, 0.1) is 14.2 Å². The number of para-hydroxylation sites is 1. The molecule has 0 fully saturated rings. The van der Waals surface area contributed by atoms with E-state index in [0.717, 1.165) is 16.5 Å². The molecule has 0 aliphatic carbocycles. The van der Waals surface area contributed by atoms with Gasteiger partial charge in [-0.3, -0.25) is 4.79 Å². The Balaban J connectivity index is 1.78. The number of carbonyl (C=O) groups excluding carboxylic acids is 2. The van der Waals surface area contributed by atoms with Crippen LogP contribution < -0.4 is 14.8 Å². The van der Waals surface area contributed by atoms with E-state index in [1.807, 2.05) is 24.3 Å². The fourth-order valence-corrected chi connectivity index (χ4v) is 5.08. The SMILES string of the molecule is COC(=O)C(Cc1c[nH]c2ccccc12)NC(=O)/C=C/c1ccc(OC)c(S(=O)(=O)NC(C)C)c1. The molecule has 35 heavy (non-hydrogen) atoms. The average molecular weight is 500 g/mol. The molecule has 0 saturated carbocycles. The highest BCUT2D eigenvalue weighted by Gasteiger charge is 2.23. The minimum absolute atomic E-state index is 0.0389. The highest BCUT2D eigenvalue weighted by atomic mass is 32.2. The maximum Gasteiger partial charge on any atom is 0.328 e. The zero-order chi connectivity index (χ0) is 25.6. The van der Waals surface area contributed by atoms with Crippen molar-refractivity contribution < 1.29 is 27.5 Å². The summed E-state index contributed by atoms with van der Waals surface area (Å²) < 4.78 is 37.9. The number of rotatable bonds is 10. The fourth-order valence-electron chi connectivity index (χ4n) is 3.63. The van der Waals surface area contributed by atoms with Crippen molar-refractivity contribution in [2.24, 2.45) is 0 Å². The number of H-pyrrole nitrogens is 1. The lowest BCUT2D eigenvalue weighted by molar-refractivity contribution is -0.144.